The maximum Gasteiger partial charge on any atom is 0.107 e. The summed E-state index contributed by atoms with van der Waals surface area (Å²) in [5, 5.41) is 4.74. The third kappa shape index (κ3) is 1.51. The highest BCUT2D eigenvalue weighted by Gasteiger charge is 2.08. The first-order valence-electron chi connectivity index (χ1n) is 4.37. The summed E-state index contributed by atoms with van der Waals surface area (Å²) in [4.78, 5) is 4.21. The van der Waals surface area contributed by atoms with Gasteiger partial charge in [0.15, 0.2) is 0 Å². The highest BCUT2D eigenvalue weighted by atomic mass is 35.5. The molecule has 0 aliphatic rings. The van der Waals surface area contributed by atoms with E-state index in [-0.39, 0.29) is 0 Å². The Morgan fingerprint density at radius 3 is 3.14 bits per heavy atom. The number of nitrogens with zero attached hydrogens (tertiary/aromatic N) is 3. The van der Waals surface area contributed by atoms with Crippen molar-refractivity contribution in [3.8, 4) is 11.4 Å². The van der Waals surface area contributed by atoms with Gasteiger partial charge in [-0.1, -0.05) is 11.6 Å². The first kappa shape index (κ1) is 9.21. The lowest BCUT2D eigenvalue weighted by atomic mass is 10.2. The topological polar surface area (TPSA) is 30.7 Å². The van der Waals surface area contributed by atoms with E-state index >= 15 is 0 Å². The zero-order chi connectivity index (χ0) is 9.97. The van der Waals surface area contributed by atoms with E-state index in [2.05, 4.69) is 16.1 Å². The molecule has 2 rings (SSSR count). The highest BCUT2D eigenvalue weighted by Crippen LogP contribution is 2.23. The summed E-state index contributed by atoms with van der Waals surface area (Å²) < 4.78 is 1.81. The molecule has 0 aliphatic carbocycles. The molecular formula is C10H9ClN3. The molecule has 71 valence electrons. The molecule has 0 saturated heterocycles. The largest absolute Gasteiger partial charge is 0.263 e. The molecule has 2 heterocycles. The van der Waals surface area contributed by atoms with Crippen molar-refractivity contribution in [3.05, 3.63) is 35.6 Å². The lowest BCUT2D eigenvalue weighted by Crippen LogP contribution is -2.00. The Morgan fingerprint density at radius 2 is 2.43 bits per heavy atom. The fraction of sp³-hybridized carbons (Fsp3) is 0.200. The normalized spacial score (nSPS) is 10.4. The van der Waals surface area contributed by atoms with Crippen LogP contribution in [-0.2, 0) is 6.54 Å². The second-order valence-corrected chi connectivity index (χ2v) is 3.19. The highest BCUT2D eigenvalue weighted by molar-refractivity contribution is 6.32. The quantitative estimate of drug-likeness (QED) is 0.756. The maximum absolute atomic E-state index is 6.02. The summed E-state index contributed by atoms with van der Waals surface area (Å²) in [5.41, 5.74) is 1.56. The zero-order valence-corrected chi connectivity index (χ0v) is 8.49. The van der Waals surface area contributed by atoms with Crippen LogP contribution in [0.2, 0.25) is 5.02 Å². The third-order valence-corrected chi connectivity index (χ3v) is 2.24. The molecule has 14 heavy (non-hydrogen) atoms. The molecule has 0 saturated carbocycles. The molecule has 0 N–H and O–H groups in total. The van der Waals surface area contributed by atoms with Crippen LogP contribution >= 0.6 is 11.6 Å². The van der Waals surface area contributed by atoms with Crippen molar-refractivity contribution in [2.45, 2.75) is 13.5 Å². The minimum atomic E-state index is 0.624. The molecule has 0 aliphatic heterocycles. The average Bonchev–Trinajstić information content (AvgIpc) is 2.66. The standard InChI is InChI=1S/C10H9ClN3/c1-2-14-9(5-7-13-14)10-8(11)4-3-6-12-10/h3-4,6-7H,2H2,1H3. The van der Waals surface area contributed by atoms with E-state index in [9.17, 15) is 0 Å². The van der Waals surface area contributed by atoms with Crippen molar-refractivity contribution in [1.29, 1.82) is 0 Å². The van der Waals surface area contributed by atoms with Crippen LogP contribution < -0.4 is 0 Å². The van der Waals surface area contributed by atoms with E-state index in [1.54, 1.807) is 18.5 Å². The molecule has 0 amide bonds. The van der Waals surface area contributed by atoms with E-state index in [0.29, 0.717) is 5.02 Å². The van der Waals surface area contributed by atoms with Gasteiger partial charge in [0, 0.05) is 18.8 Å². The predicted octanol–water partition coefficient (Wildman–Crippen LogP) is 2.42. The monoisotopic (exact) mass is 206 g/mol. The summed E-state index contributed by atoms with van der Waals surface area (Å²) in [5.74, 6) is 0. The van der Waals surface area contributed by atoms with Crippen LogP contribution in [0, 0.1) is 6.07 Å². The fourth-order valence-electron chi connectivity index (χ4n) is 1.28. The summed E-state index contributed by atoms with van der Waals surface area (Å²) in [7, 11) is 0. The Morgan fingerprint density at radius 1 is 1.57 bits per heavy atom. The Hall–Kier alpha value is -1.35. The molecule has 2 aromatic rings. The van der Waals surface area contributed by atoms with Gasteiger partial charge in [-0.15, -0.1) is 0 Å². The Balaban J connectivity index is 2.54. The lowest BCUT2D eigenvalue weighted by Gasteiger charge is -2.04. The van der Waals surface area contributed by atoms with Crippen LogP contribution in [0.3, 0.4) is 0 Å². The molecule has 0 unspecified atom stereocenters. The van der Waals surface area contributed by atoms with Crippen LogP contribution in [0.25, 0.3) is 11.4 Å². The van der Waals surface area contributed by atoms with Gasteiger partial charge in [0.25, 0.3) is 0 Å². The van der Waals surface area contributed by atoms with E-state index in [4.69, 9.17) is 11.6 Å². The molecule has 3 nitrogen and oxygen atoms in total. The maximum atomic E-state index is 6.02. The lowest BCUT2D eigenvalue weighted by molar-refractivity contribution is 0.665. The van der Waals surface area contributed by atoms with E-state index < -0.39 is 0 Å². The second-order valence-electron chi connectivity index (χ2n) is 2.79. The molecule has 0 bridgehead atoms. The molecule has 0 spiro atoms. The van der Waals surface area contributed by atoms with Crippen molar-refractivity contribution in [3.63, 3.8) is 0 Å². The summed E-state index contributed by atoms with van der Waals surface area (Å²) in [6, 6.07) is 6.63. The number of hydrogen-bond donors (Lipinski definition) is 0. The second kappa shape index (κ2) is 3.80. The van der Waals surface area contributed by atoms with Crippen LogP contribution in [0.4, 0.5) is 0 Å². The SMILES string of the molecule is CCn1nc[c]c1-c1ncccc1Cl. The average molecular weight is 207 g/mol. The number of halogens is 1. The van der Waals surface area contributed by atoms with Crippen molar-refractivity contribution in [1.82, 2.24) is 14.8 Å². The van der Waals surface area contributed by atoms with Crippen LogP contribution in [0.15, 0.2) is 24.5 Å². The van der Waals surface area contributed by atoms with Gasteiger partial charge in [0.05, 0.1) is 16.9 Å². The Labute approximate surface area is 87.3 Å². The number of pyridine rings is 1. The summed E-state index contributed by atoms with van der Waals surface area (Å²) in [6.07, 6.45) is 3.34. The van der Waals surface area contributed by atoms with Crippen molar-refractivity contribution >= 4 is 11.6 Å². The molecular weight excluding hydrogens is 198 g/mol. The van der Waals surface area contributed by atoms with Gasteiger partial charge in [0.2, 0.25) is 0 Å². The third-order valence-electron chi connectivity index (χ3n) is 1.94. The summed E-state index contributed by atoms with van der Waals surface area (Å²) in [6.45, 7) is 2.80. The molecule has 2 aromatic heterocycles. The fourth-order valence-corrected chi connectivity index (χ4v) is 1.49. The molecule has 4 heteroatoms. The van der Waals surface area contributed by atoms with Gasteiger partial charge in [-0.05, 0) is 19.1 Å². The van der Waals surface area contributed by atoms with E-state index in [1.165, 1.54) is 0 Å². The summed E-state index contributed by atoms with van der Waals surface area (Å²) >= 11 is 6.02. The molecule has 0 fully saturated rings. The van der Waals surface area contributed by atoms with Crippen molar-refractivity contribution < 1.29 is 0 Å². The minimum absolute atomic E-state index is 0.624. The number of hydrogen-bond acceptors (Lipinski definition) is 2. The molecule has 1 radical (unpaired) electrons. The van der Waals surface area contributed by atoms with Gasteiger partial charge in [0.1, 0.15) is 5.69 Å². The van der Waals surface area contributed by atoms with Gasteiger partial charge in [-0.3, -0.25) is 9.67 Å². The Kier molecular flexibility index (Phi) is 2.50. The van der Waals surface area contributed by atoms with Crippen LogP contribution in [-0.4, -0.2) is 14.8 Å². The van der Waals surface area contributed by atoms with Gasteiger partial charge in [-0.25, -0.2) is 0 Å². The number of aryl methyl sites for hydroxylation is 1. The van der Waals surface area contributed by atoms with Crippen LogP contribution in [0.5, 0.6) is 0 Å². The zero-order valence-electron chi connectivity index (χ0n) is 7.74. The van der Waals surface area contributed by atoms with E-state index in [0.717, 1.165) is 17.9 Å². The van der Waals surface area contributed by atoms with Gasteiger partial charge < -0.3 is 0 Å². The van der Waals surface area contributed by atoms with Crippen LogP contribution in [0.1, 0.15) is 6.92 Å². The molecule has 0 aromatic carbocycles. The number of aromatic nitrogens is 3. The Bertz CT molecular complexity index is 436. The van der Waals surface area contributed by atoms with Crippen molar-refractivity contribution in [2.75, 3.05) is 0 Å². The molecule has 0 atom stereocenters. The first-order chi connectivity index (χ1) is 6.83. The smallest absolute Gasteiger partial charge is 0.107 e. The predicted molar refractivity (Wildman–Crippen MR) is 55.0 cm³/mol. The van der Waals surface area contributed by atoms with Crippen molar-refractivity contribution in [2.24, 2.45) is 0 Å². The van der Waals surface area contributed by atoms with E-state index in [1.807, 2.05) is 17.7 Å². The van der Waals surface area contributed by atoms with Gasteiger partial charge in [-0.2, -0.15) is 5.10 Å². The first-order valence-corrected chi connectivity index (χ1v) is 4.75. The number of rotatable bonds is 2. The van der Waals surface area contributed by atoms with Gasteiger partial charge >= 0.3 is 0 Å². The minimum Gasteiger partial charge on any atom is -0.263 e.